The molecule has 1 spiro atoms. The quantitative estimate of drug-likeness (QED) is 0.333. The highest BCUT2D eigenvalue weighted by Gasteiger charge is 2.89. The second-order valence-electron chi connectivity index (χ2n) is 12.7. The number of hydrogen-bond donors (Lipinski definition) is 1. The number of cyclic esters (lactones) is 2. The molecule has 0 bridgehead atoms. The molecule has 10 nitrogen and oxygen atoms in total. The van der Waals surface area contributed by atoms with E-state index in [1.807, 2.05) is 27.7 Å². The second-order valence-corrected chi connectivity index (χ2v) is 12.7. The zero-order chi connectivity index (χ0) is 26.9. The van der Waals surface area contributed by atoms with Crippen LogP contribution in [0.15, 0.2) is 11.6 Å². The smallest absolute Gasteiger partial charge is 0.339 e. The van der Waals surface area contributed by atoms with E-state index in [0.717, 1.165) is 0 Å². The Balaban J connectivity index is 1.48. The van der Waals surface area contributed by atoms with Crippen LogP contribution in [0.5, 0.6) is 0 Å². The van der Waals surface area contributed by atoms with Crippen LogP contribution >= 0.6 is 0 Å². The van der Waals surface area contributed by atoms with Crippen LogP contribution in [0.25, 0.3) is 0 Å². The molecule has 4 aliphatic heterocycles. The standard InChI is InChI=1S/C27H34O10/c1-23(2)14-10-15(28)26(5)13(25(14,4)16(36-23)11-17(29)33-6)7-8-24(3)19(12-9-18(30)34-21(12)31)35-22(32)20-27(24,26)37-20/h9,13-14,16,19-21,31H,7-8,10-11H2,1-6H3/t13-,14+,16+,19+,20-,21?,24+,25-,26+,27-/m1/s1. The summed E-state index contributed by atoms with van der Waals surface area (Å²) in [6.45, 7) is 9.81. The maximum atomic E-state index is 14.3. The van der Waals surface area contributed by atoms with E-state index in [-0.39, 0.29) is 42.0 Å². The highest BCUT2D eigenvalue weighted by Crippen LogP contribution is 2.78. The first kappa shape index (κ1) is 25.0. The number of hydrogen-bond acceptors (Lipinski definition) is 10. The van der Waals surface area contributed by atoms with Gasteiger partial charge in [0.2, 0.25) is 6.29 Å². The van der Waals surface area contributed by atoms with Crippen LogP contribution < -0.4 is 0 Å². The Hall–Kier alpha value is -2.30. The monoisotopic (exact) mass is 518 g/mol. The van der Waals surface area contributed by atoms with Gasteiger partial charge in [-0.1, -0.05) is 13.8 Å². The van der Waals surface area contributed by atoms with Crippen molar-refractivity contribution in [3.05, 3.63) is 11.6 Å². The van der Waals surface area contributed by atoms with Crippen molar-refractivity contribution < 1.29 is 48.0 Å². The highest BCUT2D eigenvalue weighted by atomic mass is 16.7. The molecule has 37 heavy (non-hydrogen) atoms. The predicted octanol–water partition coefficient (Wildman–Crippen LogP) is 1.61. The third-order valence-electron chi connectivity index (χ3n) is 11.0. The summed E-state index contributed by atoms with van der Waals surface area (Å²) in [4.78, 5) is 51.8. The minimum absolute atomic E-state index is 0.00878. The fourth-order valence-electron chi connectivity index (χ4n) is 9.37. The lowest BCUT2D eigenvalue weighted by Crippen LogP contribution is -2.72. The molecule has 0 aromatic carbocycles. The summed E-state index contributed by atoms with van der Waals surface area (Å²) in [6.07, 6.45) is -1.41. The molecule has 5 fully saturated rings. The van der Waals surface area contributed by atoms with Gasteiger partial charge in [-0.25, -0.2) is 9.59 Å². The van der Waals surface area contributed by atoms with Crippen molar-refractivity contribution in [3.8, 4) is 0 Å². The molecule has 0 radical (unpaired) electrons. The van der Waals surface area contributed by atoms with Gasteiger partial charge in [-0.05, 0) is 39.5 Å². The second kappa shape index (κ2) is 7.21. The maximum Gasteiger partial charge on any atom is 0.339 e. The van der Waals surface area contributed by atoms with Crippen molar-refractivity contribution in [2.75, 3.05) is 7.11 Å². The number of rotatable bonds is 3. The largest absolute Gasteiger partial charge is 0.469 e. The number of methoxy groups -OCH3 is 1. The number of fused-ring (bicyclic) bond motifs is 3. The average Bonchev–Trinajstić information content (AvgIpc) is 3.47. The van der Waals surface area contributed by atoms with Gasteiger partial charge < -0.3 is 28.8 Å². The van der Waals surface area contributed by atoms with Gasteiger partial charge in [0.25, 0.3) is 0 Å². The summed E-state index contributed by atoms with van der Waals surface area (Å²) in [5.41, 5.74) is -4.24. The molecule has 2 saturated carbocycles. The Morgan fingerprint density at radius 2 is 1.76 bits per heavy atom. The normalized spacial score (nSPS) is 51.1. The number of Topliss-reactive ketones (excluding diaryl/α,β-unsaturated/α-hetero) is 1. The zero-order valence-corrected chi connectivity index (χ0v) is 22.0. The number of epoxide rings is 1. The number of aliphatic hydroxyl groups excluding tert-OH is 1. The van der Waals surface area contributed by atoms with E-state index in [4.69, 9.17) is 23.7 Å². The van der Waals surface area contributed by atoms with Crippen LogP contribution in [0, 0.1) is 28.1 Å². The van der Waals surface area contributed by atoms with Crippen LogP contribution in [0.4, 0.5) is 0 Å². The van der Waals surface area contributed by atoms with Gasteiger partial charge in [0.05, 0.1) is 30.7 Å². The molecule has 10 atom stereocenters. The number of carbonyl (C=O) groups excluding carboxylic acids is 4. The molecule has 0 amide bonds. The predicted molar refractivity (Wildman–Crippen MR) is 123 cm³/mol. The molecule has 0 aromatic heterocycles. The Morgan fingerprint density at radius 1 is 1.05 bits per heavy atom. The Labute approximate surface area is 215 Å². The zero-order valence-electron chi connectivity index (χ0n) is 22.0. The molecule has 1 N–H and O–H groups in total. The van der Waals surface area contributed by atoms with E-state index in [0.29, 0.717) is 12.8 Å². The average molecular weight is 519 g/mol. The lowest BCUT2D eigenvalue weighted by atomic mass is 9.37. The van der Waals surface area contributed by atoms with Gasteiger partial charge >= 0.3 is 17.9 Å². The van der Waals surface area contributed by atoms with E-state index in [9.17, 15) is 24.3 Å². The number of carbonyl (C=O) groups is 4. The van der Waals surface area contributed by atoms with Crippen molar-refractivity contribution in [2.24, 2.45) is 28.1 Å². The van der Waals surface area contributed by atoms with Crippen molar-refractivity contribution in [2.45, 2.75) is 96.1 Å². The lowest BCUT2D eigenvalue weighted by Gasteiger charge is -2.64. The van der Waals surface area contributed by atoms with Crippen LogP contribution in [0.1, 0.15) is 60.3 Å². The minimum atomic E-state index is -1.53. The molecule has 3 saturated heterocycles. The minimum Gasteiger partial charge on any atom is -0.469 e. The first-order chi connectivity index (χ1) is 17.2. The van der Waals surface area contributed by atoms with Crippen molar-refractivity contribution in [3.63, 3.8) is 0 Å². The molecule has 202 valence electrons. The van der Waals surface area contributed by atoms with Crippen molar-refractivity contribution in [1.29, 1.82) is 0 Å². The van der Waals surface area contributed by atoms with Gasteiger partial charge in [0, 0.05) is 34.8 Å². The summed E-state index contributed by atoms with van der Waals surface area (Å²) >= 11 is 0. The van der Waals surface area contributed by atoms with Crippen LogP contribution in [0.3, 0.4) is 0 Å². The first-order valence-corrected chi connectivity index (χ1v) is 12.9. The van der Waals surface area contributed by atoms with E-state index in [2.05, 4.69) is 6.92 Å². The molecule has 0 aromatic rings. The topological polar surface area (TPSA) is 138 Å². The number of ether oxygens (including phenoxy) is 5. The first-order valence-electron chi connectivity index (χ1n) is 12.9. The highest BCUT2D eigenvalue weighted by molar-refractivity contribution is 5.94. The van der Waals surface area contributed by atoms with Crippen molar-refractivity contribution in [1.82, 2.24) is 0 Å². The molecule has 4 heterocycles. The lowest BCUT2D eigenvalue weighted by molar-refractivity contribution is -0.208. The van der Waals surface area contributed by atoms with E-state index in [1.54, 1.807) is 0 Å². The summed E-state index contributed by atoms with van der Waals surface area (Å²) in [7, 11) is 1.35. The van der Waals surface area contributed by atoms with Crippen LogP contribution in [-0.2, 0) is 42.9 Å². The summed E-state index contributed by atoms with van der Waals surface area (Å²) < 4.78 is 28.5. The Kier molecular flexibility index (Phi) is 4.87. The molecule has 6 aliphatic rings. The number of ketones is 1. The van der Waals surface area contributed by atoms with Gasteiger partial charge in [0.1, 0.15) is 17.5 Å². The molecule has 6 rings (SSSR count). The van der Waals surface area contributed by atoms with Gasteiger partial charge in [-0.3, -0.25) is 9.59 Å². The van der Waals surface area contributed by atoms with E-state index >= 15 is 0 Å². The fraction of sp³-hybridized carbons (Fsp3) is 0.778. The SMILES string of the molecule is COC(=O)C[C@@H]1OC(C)(C)[C@@H]2CC(=O)[C@]3(C)[C@H](CC[C@@]4(C)[C@H](C5=CC(=O)OC5O)OC(=O)[C@H]5O[C@]543)[C@@]12C. The molecular weight excluding hydrogens is 484 g/mol. The van der Waals surface area contributed by atoms with Gasteiger partial charge in [-0.15, -0.1) is 0 Å². The molecule has 10 heteroatoms. The Morgan fingerprint density at radius 3 is 2.38 bits per heavy atom. The fourth-order valence-corrected chi connectivity index (χ4v) is 9.37. The van der Waals surface area contributed by atoms with Gasteiger partial charge in [0.15, 0.2) is 6.10 Å². The molecule has 2 aliphatic carbocycles. The summed E-state index contributed by atoms with van der Waals surface area (Å²) in [6, 6.07) is 0. The summed E-state index contributed by atoms with van der Waals surface area (Å²) in [5.74, 6) is -2.12. The maximum absolute atomic E-state index is 14.3. The Bertz CT molecular complexity index is 1160. The summed E-state index contributed by atoms with van der Waals surface area (Å²) in [5, 5.41) is 10.4. The molecule has 1 unspecified atom stereocenters. The number of esters is 3. The number of aliphatic hydroxyl groups is 1. The van der Waals surface area contributed by atoms with Crippen molar-refractivity contribution >= 4 is 23.7 Å². The molecular formula is C27H34O10. The van der Waals surface area contributed by atoms with Gasteiger partial charge in [-0.2, -0.15) is 0 Å². The van der Waals surface area contributed by atoms with Crippen LogP contribution in [0.2, 0.25) is 0 Å². The third kappa shape index (κ3) is 2.71. The van der Waals surface area contributed by atoms with E-state index < -0.39 is 64.0 Å². The van der Waals surface area contributed by atoms with E-state index in [1.165, 1.54) is 13.2 Å². The van der Waals surface area contributed by atoms with Crippen LogP contribution in [-0.4, -0.2) is 71.7 Å². The third-order valence-corrected chi connectivity index (χ3v) is 11.0.